The molecule has 136 valence electrons. The molecule has 0 saturated carbocycles. The Labute approximate surface area is 154 Å². The third kappa shape index (κ3) is 5.67. The van der Waals surface area contributed by atoms with Gasteiger partial charge in [0.25, 0.3) is 0 Å². The van der Waals surface area contributed by atoms with Crippen molar-refractivity contribution in [3.63, 3.8) is 0 Å². The zero-order chi connectivity index (χ0) is 18.2. The first-order chi connectivity index (χ1) is 12.0. The van der Waals surface area contributed by atoms with Crippen molar-refractivity contribution in [2.75, 3.05) is 21.3 Å². The first kappa shape index (κ1) is 19.1. The fourth-order valence-electron chi connectivity index (χ4n) is 2.55. The van der Waals surface area contributed by atoms with E-state index in [4.69, 9.17) is 9.47 Å². The molecule has 0 aliphatic carbocycles. The van der Waals surface area contributed by atoms with Crippen LogP contribution in [-0.2, 0) is 13.0 Å². The van der Waals surface area contributed by atoms with Gasteiger partial charge < -0.3 is 20.1 Å². The number of guanidine groups is 1. The summed E-state index contributed by atoms with van der Waals surface area (Å²) in [5.41, 5.74) is 1.10. The van der Waals surface area contributed by atoms with E-state index in [0.717, 1.165) is 29.4 Å². The van der Waals surface area contributed by atoms with E-state index < -0.39 is 0 Å². The van der Waals surface area contributed by atoms with Gasteiger partial charge in [0, 0.05) is 35.8 Å². The van der Waals surface area contributed by atoms with E-state index in [9.17, 15) is 0 Å². The van der Waals surface area contributed by atoms with Crippen LogP contribution in [0.4, 0.5) is 0 Å². The van der Waals surface area contributed by atoms with Crippen LogP contribution in [0.1, 0.15) is 22.2 Å². The predicted molar refractivity (Wildman–Crippen MR) is 105 cm³/mol. The van der Waals surface area contributed by atoms with Crippen LogP contribution in [0.2, 0.25) is 0 Å². The number of rotatable bonds is 7. The molecular formula is C19H27N3O2S. The van der Waals surface area contributed by atoms with Crippen molar-refractivity contribution in [3.05, 3.63) is 45.6 Å². The lowest BCUT2D eigenvalue weighted by atomic mass is 10.2. The highest BCUT2D eigenvalue weighted by molar-refractivity contribution is 7.11. The number of aliphatic imine (C=N–C) groups is 1. The summed E-state index contributed by atoms with van der Waals surface area (Å²) in [6.07, 6.45) is 0.982. The maximum atomic E-state index is 5.35. The number of nitrogens with one attached hydrogen (secondary N) is 2. The van der Waals surface area contributed by atoms with Gasteiger partial charge in [0.15, 0.2) is 17.5 Å². The van der Waals surface area contributed by atoms with Crippen molar-refractivity contribution in [1.29, 1.82) is 0 Å². The fourth-order valence-corrected chi connectivity index (χ4v) is 3.57. The molecule has 1 aromatic heterocycles. The van der Waals surface area contributed by atoms with Gasteiger partial charge in [-0.3, -0.25) is 4.99 Å². The fraction of sp³-hybridized carbons (Fsp3) is 0.421. The van der Waals surface area contributed by atoms with Gasteiger partial charge >= 0.3 is 0 Å². The van der Waals surface area contributed by atoms with Crippen LogP contribution in [0.5, 0.6) is 11.5 Å². The van der Waals surface area contributed by atoms with E-state index in [1.807, 2.05) is 29.5 Å². The topological polar surface area (TPSA) is 54.9 Å². The molecule has 2 aromatic rings. The third-order valence-corrected chi connectivity index (χ3v) is 4.84. The molecule has 1 unspecified atom stereocenters. The van der Waals surface area contributed by atoms with E-state index in [0.29, 0.717) is 12.6 Å². The second kappa shape index (κ2) is 9.32. The van der Waals surface area contributed by atoms with Crippen molar-refractivity contribution >= 4 is 17.3 Å². The Bertz CT molecular complexity index is 712. The van der Waals surface area contributed by atoms with Crippen LogP contribution < -0.4 is 20.1 Å². The summed E-state index contributed by atoms with van der Waals surface area (Å²) in [4.78, 5) is 7.04. The van der Waals surface area contributed by atoms with Crippen molar-refractivity contribution in [3.8, 4) is 11.5 Å². The molecule has 1 aromatic carbocycles. The lowest BCUT2D eigenvalue weighted by Gasteiger charge is -2.18. The lowest BCUT2D eigenvalue weighted by molar-refractivity contribution is 0.354. The number of hydrogen-bond donors (Lipinski definition) is 2. The van der Waals surface area contributed by atoms with E-state index in [1.54, 1.807) is 21.3 Å². The number of aryl methyl sites for hydroxylation is 1. The number of nitrogens with zero attached hydrogens (tertiary/aromatic N) is 1. The summed E-state index contributed by atoms with van der Waals surface area (Å²) in [5, 5.41) is 6.78. The molecule has 0 bridgehead atoms. The highest BCUT2D eigenvalue weighted by Crippen LogP contribution is 2.27. The normalized spacial score (nSPS) is 12.6. The molecule has 0 amide bonds. The summed E-state index contributed by atoms with van der Waals surface area (Å²) < 4.78 is 10.6. The molecule has 0 radical (unpaired) electrons. The Morgan fingerprint density at radius 2 is 1.92 bits per heavy atom. The molecule has 2 rings (SSSR count). The molecule has 0 spiro atoms. The largest absolute Gasteiger partial charge is 0.493 e. The zero-order valence-corrected chi connectivity index (χ0v) is 16.4. The highest BCUT2D eigenvalue weighted by Gasteiger charge is 2.09. The molecule has 1 heterocycles. The molecule has 0 aliphatic heterocycles. The SMILES string of the molecule is CN=C(NCc1ccc(OC)c(OC)c1)NC(C)Cc1ccc(C)s1. The van der Waals surface area contributed by atoms with Crippen molar-refractivity contribution < 1.29 is 9.47 Å². The molecule has 1 atom stereocenters. The molecule has 0 fully saturated rings. The Morgan fingerprint density at radius 3 is 2.52 bits per heavy atom. The first-order valence-corrected chi connectivity index (χ1v) is 9.10. The van der Waals surface area contributed by atoms with Crippen LogP contribution in [0.25, 0.3) is 0 Å². The standard InChI is InChI=1S/C19H27N3O2S/c1-13(10-16-8-6-14(2)25-16)22-19(20-3)21-12-15-7-9-17(23-4)18(11-15)24-5/h6-9,11,13H,10,12H2,1-5H3,(H2,20,21,22). The van der Waals surface area contributed by atoms with Crippen molar-refractivity contribution in [2.45, 2.75) is 32.9 Å². The van der Waals surface area contributed by atoms with E-state index >= 15 is 0 Å². The first-order valence-electron chi connectivity index (χ1n) is 8.29. The van der Waals surface area contributed by atoms with Crippen LogP contribution in [-0.4, -0.2) is 33.3 Å². The minimum atomic E-state index is 0.301. The third-order valence-electron chi connectivity index (χ3n) is 3.82. The maximum absolute atomic E-state index is 5.35. The number of ether oxygens (including phenoxy) is 2. The van der Waals surface area contributed by atoms with Crippen LogP contribution in [0, 0.1) is 6.92 Å². The molecule has 5 nitrogen and oxygen atoms in total. The Balaban J connectivity index is 1.89. The van der Waals surface area contributed by atoms with Crippen LogP contribution in [0.15, 0.2) is 35.3 Å². The highest BCUT2D eigenvalue weighted by atomic mass is 32.1. The number of methoxy groups -OCH3 is 2. The maximum Gasteiger partial charge on any atom is 0.191 e. The number of thiophene rings is 1. The number of hydrogen-bond acceptors (Lipinski definition) is 4. The quantitative estimate of drug-likeness (QED) is 0.586. The minimum absolute atomic E-state index is 0.301. The van der Waals surface area contributed by atoms with Gasteiger partial charge in [0.2, 0.25) is 0 Å². The average molecular weight is 362 g/mol. The van der Waals surface area contributed by atoms with Gasteiger partial charge in [-0.05, 0) is 43.7 Å². The van der Waals surface area contributed by atoms with Crippen molar-refractivity contribution in [2.24, 2.45) is 4.99 Å². The molecule has 2 N–H and O–H groups in total. The summed E-state index contributed by atoms with van der Waals surface area (Å²) in [6, 6.07) is 10.5. The second-order valence-electron chi connectivity index (χ2n) is 5.88. The summed E-state index contributed by atoms with van der Waals surface area (Å²) in [5.74, 6) is 2.25. The van der Waals surface area contributed by atoms with Gasteiger partial charge in [-0.1, -0.05) is 6.07 Å². The average Bonchev–Trinajstić information content (AvgIpc) is 3.02. The minimum Gasteiger partial charge on any atom is -0.493 e. The summed E-state index contributed by atoms with van der Waals surface area (Å²) in [7, 11) is 5.06. The summed E-state index contributed by atoms with van der Waals surface area (Å²) in [6.45, 7) is 4.96. The van der Waals surface area contributed by atoms with Gasteiger partial charge in [-0.2, -0.15) is 0 Å². The zero-order valence-electron chi connectivity index (χ0n) is 15.6. The molecule has 0 saturated heterocycles. The Morgan fingerprint density at radius 1 is 1.16 bits per heavy atom. The second-order valence-corrected chi connectivity index (χ2v) is 7.25. The number of benzene rings is 1. The Kier molecular flexibility index (Phi) is 7.13. The lowest BCUT2D eigenvalue weighted by Crippen LogP contribution is -2.42. The predicted octanol–water partition coefficient (Wildman–Crippen LogP) is 3.37. The summed E-state index contributed by atoms with van der Waals surface area (Å²) >= 11 is 1.84. The molecular weight excluding hydrogens is 334 g/mol. The molecule has 6 heteroatoms. The molecule has 25 heavy (non-hydrogen) atoms. The van der Waals surface area contributed by atoms with Gasteiger partial charge in [-0.15, -0.1) is 11.3 Å². The van der Waals surface area contributed by atoms with E-state index in [1.165, 1.54) is 9.75 Å². The smallest absolute Gasteiger partial charge is 0.191 e. The van der Waals surface area contributed by atoms with Crippen LogP contribution in [0.3, 0.4) is 0 Å². The van der Waals surface area contributed by atoms with Crippen LogP contribution >= 0.6 is 11.3 Å². The Hall–Kier alpha value is -2.21. The van der Waals surface area contributed by atoms with Crippen molar-refractivity contribution in [1.82, 2.24) is 10.6 Å². The van der Waals surface area contributed by atoms with Gasteiger partial charge in [-0.25, -0.2) is 0 Å². The monoisotopic (exact) mass is 361 g/mol. The van der Waals surface area contributed by atoms with E-state index in [2.05, 4.69) is 41.6 Å². The van der Waals surface area contributed by atoms with Gasteiger partial charge in [0.1, 0.15) is 0 Å². The molecule has 0 aliphatic rings. The van der Waals surface area contributed by atoms with Gasteiger partial charge in [0.05, 0.1) is 14.2 Å². The van der Waals surface area contributed by atoms with E-state index in [-0.39, 0.29) is 0 Å².